The van der Waals surface area contributed by atoms with Gasteiger partial charge in [-0.15, -0.1) is 11.3 Å². The molecule has 4 heteroatoms. The summed E-state index contributed by atoms with van der Waals surface area (Å²) in [6.45, 7) is 1.87. The van der Waals surface area contributed by atoms with Crippen molar-refractivity contribution in [1.29, 1.82) is 0 Å². The largest absolute Gasteiger partial charge is 0.249 e. The molecule has 2 aromatic rings. The quantitative estimate of drug-likeness (QED) is 0.704. The average Bonchev–Trinajstić information content (AvgIpc) is 2.57. The van der Waals surface area contributed by atoms with Crippen molar-refractivity contribution >= 4 is 11.3 Å². The van der Waals surface area contributed by atoms with Gasteiger partial charge < -0.3 is 0 Å². The van der Waals surface area contributed by atoms with Crippen molar-refractivity contribution in [2.45, 2.75) is 6.92 Å². The van der Waals surface area contributed by atoms with Gasteiger partial charge in [0.1, 0.15) is 0 Å². The zero-order valence-electron chi connectivity index (χ0n) is 7.42. The van der Waals surface area contributed by atoms with Crippen molar-refractivity contribution in [2.24, 2.45) is 0 Å². The molecule has 1 aromatic heterocycles. The van der Waals surface area contributed by atoms with E-state index in [4.69, 9.17) is 0 Å². The highest BCUT2D eigenvalue weighted by Gasteiger charge is 2.06. The minimum absolute atomic E-state index is 0.662. The number of halogens is 2. The van der Waals surface area contributed by atoms with Gasteiger partial charge in [-0.3, -0.25) is 0 Å². The molecule has 0 spiro atoms. The lowest BCUT2D eigenvalue weighted by Gasteiger charge is -1.97. The molecule has 14 heavy (non-hydrogen) atoms. The maximum Gasteiger partial charge on any atom is 0.159 e. The van der Waals surface area contributed by atoms with E-state index in [2.05, 4.69) is 4.98 Å². The summed E-state index contributed by atoms with van der Waals surface area (Å²) in [4.78, 5) is 4.90. The van der Waals surface area contributed by atoms with Gasteiger partial charge in [-0.2, -0.15) is 0 Å². The van der Waals surface area contributed by atoms with Crippen LogP contribution >= 0.6 is 11.3 Å². The second kappa shape index (κ2) is 3.46. The van der Waals surface area contributed by atoms with E-state index < -0.39 is 11.6 Å². The molecule has 0 atom stereocenters. The molecule has 0 bridgehead atoms. The minimum Gasteiger partial charge on any atom is -0.249 e. The van der Waals surface area contributed by atoms with E-state index in [1.807, 2.05) is 6.92 Å². The summed E-state index contributed by atoms with van der Waals surface area (Å²) < 4.78 is 25.5. The monoisotopic (exact) mass is 211 g/mol. The zero-order valence-corrected chi connectivity index (χ0v) is 8.24. The Morgan fingerprint density at radius 2 is 2.00 bits per heavy atom. The van der Waals surface area contributed by atoms with Gasteiger partial charge in [0.2, 0.25) is 0 Å². The van der Waals surface area contributed by atoms with Crippen LogP contribution in [0, 0.1) is 18.6 Å². The molecule has 0 aliphatic rings. The van der Waals surface area contributed by atoms with Gasteiger partial charge in [-0.1, -0.05) is 6.07 Å². The van der Waals surface area contributed by atoms with Crippen molar-refractivity contribution in [2.75, 3.05) is 0 Å². The lowest BCUT2D eigenvalue weighted by Crippen LogP contribution is -1.83. The van der Waals surface area contributed by atoms with E-state index in [-0.39, 0.29) is 0 Å². The molecule has 0 radical (unpaired) electrons. The second-order valence-electron chi connectivity index (χ2n) is 2.87. The highest BCUT2D eigenvalue weighted by Crippen LogP contribution is 2.26. The molecule has 1 nitrogen and oxygen atoms in total. The molecule has 1 aromatic carbocycles. The first-order valence-electron chi connectivity index (χ1n) is 4.04. The summed E-state index contributed by atoms with van der Waals surface area (Å²) in [7, 11) is 0. The van der Waals surface area contributed by atoms with E-state index in [1.165, 1.54) is 17.4 Å². The van der Waals surface area contributed by atoms with Crippen LogP contribution in [-0.2, 0) is 0 Å². The molecule has 1 heterocycles. The maximum atomic E-state index is 12.9. The molecule has 72 valence electrons. The Morgan fingerprint density at radius 3 is 2.57 bits per heavy atom. The summed E-state index contributed by atoms with van der Waals surface area (Å²) in [5.74, 6) is -1.65. The number of thiazole rings is 1. The van der Waals surface area contributed by atoms with Gasteiger partial charge in [-0.25, -0.2) is 13.8 Å². The van der Waals surface area contributed by atoms with E-state index in [0.29, 0.717) is 5.56 Å². The SMILES string of the molecule is Cc1ncc(-c2ccc(F)c(F)c2)s1. The Balaban J connectivity index is 2.47. The van der Waals surface area contributed by atoms with Gasteiger partial charge in [0.05, 0.1) is 9.88 Å². The van der Waals surface area contributed by atoms with Crippen LogP contribution in [0.2, 0.25) is 0 Å². The van der Waals surface area contributed by atoms with Crippen LogP contribution in [0.1, 0.15) is 5.01 Å². The average molecular weight is 211 g/mol. The standard InChI is InChI=1S/C10H7F2NS/c1-6-13-5-10(14-6)7-2-3-8(11)9(12)4-7/h2-5H,1H3. The zero-order chi connectivity index (χ0) is 10.1. The number of hydrogen-bond donors (Lipinski definition) is 0. The van der Waals surface area contributed by atoms with Gasteiger partial charge in [0.15, 0.2) is 11.6 Å². The third-order valence-electron chi connectivity index (χ3n) is 1.83. The molecule has 2 rings (SSSR count). The molecule has 0 saturated carbocycles. The first-order valence-corrected chi connectivity index (χ1v) is 4.86. The fourth-order valence-corrected chi connectivity index (χ4v) is 1.92. The van der Waals surface area contributed by atoms with E-state index in [0.717, 1.165) is 16.0 Å². The van der Waals surface area contributed by atoms with E-state index in [9.17, 15) is 8.78 Å². The summed E-state index contributed by atoms with van der Waals surface area (Å²) in [5.41, 5.74) is 0.662. The van der Waals surface area contributed by atoms with Crippen molar-refractivity contribution < 1.29 is 8.78 Å². The van der Waals surface area contributed by atoms with Crippen molar-refractivity contribution in [3.63, 3.8) is 0 Å². The Kier molecular flexibility index (Phi) is 2.29. The van der Waals surface area contributed by atoms with Crippen LogP contribution in [-0.4, -0.2) is 4.98 Å². The van der Waals surface area contributed by atoms with Crippen LogP contribution in [0.4, 0.5) is 8.78 Å². The first-order chi connectivity index (χ1) is 6.66. The fourth-order valence-electron chi connectivity index (χ4n) is 1.14. The lowest BCUT2D eigenvalue weighted by molar-refractivity contribution is 0.509. The van der Waals surface area contributed by atoms with Crippen LogP contribution in [0.25, 0.3) is 10.4 Å². The highest BCUT2D eigenvalue weighted by atomic mass is 32.1. The summed E-state index contributed by atoms with van der Waals surface area (Å²) in [6, 6.07) is 3.85. The van der Waals surface area contributed by atoms with Gasteiger partial charge >= 0.3 is 0 Å². The van der Waals surface area contributed by atoms with Crippen molar-refractivity contribution in [3.8, 4) is 10.4 Å². The van der Waals surface area contributed by atoms with Crippen molar-refractivity contribution in [3.05, 3.63) is 41.0 Å². The second-order valence-corrected chi connectivity index (χ2v) is 4.11. The lowest BCUT2D eigenvalue weighted by atomic mass is 10.2. The highest BCUT2D eigenvalue weighted by molar-refractivity contribution is 7.15. The Morgan fingerprint density at radius 1 is 1.21 bits per heavy atom. The number of hydrogen-bond acceptors (Lipinski definition) is 2. The topological polar surface area (TPSA) is 12.9 Å². The normalized spacial score (nSPS) is 10.5. The Bertz CT molecular complexity index is 465. The molecule has 0 N–H and O–H groups in total. The molecular formula is C10H7F2NS. The molecular weight excluding hydrogens is 204 g/mol. The summed E-state index contributed by atoms with van der Waals surface area (Å²) >= 11 is 1.46. The van der Waals surface area contributed by atoms with E-state index >= 15 is 0 Å². The first kappa shape index (κ1) is 9.27. The number of rotatable bonds is 1. The number of aromatic nitrogens is 1. The maximum absolute atomic E-state index is 12.9. The summed E-state index contributed by atoms with van der Waals surface area (Å²) in [6.07, 6.45) is 1.66. The van der Waals surface area contributed by atoms with Crippen LogP contribution in [0.3, 0.4) is 0 Å². The molecule has 0 amide bonds. The number of benzene rings is 1. The van der Waals surface area contributed by atoms with Crippen molar-refractivity contribution in [1.82, 2.24) is 4.98 Å². The number of aryl methyl sites for hydroxylation is 1. The minimum atomic E-state index is -0.825. The third kappa shape index (κ3) is 1.65. The summed E-state index contributed by atoms with van der Waals surface area (Å²) in [5, 5.41) is 0.907. The predicted octanol–water partition coefficient (Wildman–Crippen LogP) is 3.40. The molecule has 0 aliphatic carbocycles. The smallest absolute Gasteiger partial charge is 0.159 e. The Labute approximate surface area is 84.0 Å². The Hall–Kier alpha value is -1.29. The number of nitrogens with zero attached hydrogens (tertiary/aromatic N) is 1. The molecule has 0 unspecified atom stereocenters. The molecule has 0 saturated heterocycles. The van der Waals surface area contributed by atoms with Crippen LogP contribution in [0.15, 0.2) is 24.4 Å². The van der Waals surface area contributed by atoms with Gasteiger partial charge in [0, 0.05) is 6.20 Å². The third-order valence-corrected chi connectivity index (χ3v) is 2.79. The van der Waals surface area contributed by atoms with E-state index in [1.54, 1.807) is 12.3 Å². The predicted molar refractivity (Wildman–Crippen MR) is 52.2 cm³/mol. The van der Waals surface area contributed by atoms with Crippen LogP contribution in [0.5, 0.6) is 0 Å². The molecule has 0 fully saturated rings. The molecule has 0 aliphatic heterocycles. The van der Waals surface area contributed by atoms with Gasteiger partial charge in [0.25, 0.3) is 0 Å². The van der Waals surface area contributed by atoms with Gasteiger partial charge in [-0.05, 0) is 24.6 Å². The van der Waals surface area contributed by atoms with Crippen LogP contribution < -0.4 is 0 Å². The fraction of sp³-hybridized carbons (Fsp3) is 0.100.